The highest BCUT2D eigenvalue weighted by Gasteiger charge is 2.43. The molecule has 0 amide bonds. The van der Waals surface area contributed by atoms with Gasteiger partial charge in [0, 0.05) is 0 Å². The lowest BCUT2D eigenvalue weighted by molar-refractivity contribution is 0.00173. The molecule has 2 aromatic heterocycles. The van der Waals surface area contributed by atoms with Gasteiger partial charge in [0.05, 0.1) is 25.6 Å². The number of nitrogens with two attached hydrogens (primary N) is 1. The summed E-state index contributed by atoms with van der Waals surface area (Å²) in [5.74, 6) is 0.122. The first-order valence-corrected chi connectivity index (χ1v) is 12.3. The summed E-state index contributed by atoms with van der Waals surface area (Å²) in [4.78, 5) is 47.4. The highest BCUT2D eigenvalue weighted by molar-refractivity contribution is 7.66. The van der Waals surface area contributed by atoms with Gasteiger partial charge in [-0.1, -0.05) is 0 Å². The van der Waals surface area contributed by atoms with Crippen molar-refractivity contribution in [1.82, 2.24) is 19.5 Å². The van der Waals surface area contributed by atoms with Crippen LogP contribution in [0.25, 0.3) is 11.2 Å². The molecule has 1 aliphatic rings. The van der Waals surface area contributed by atoms with Crippen molar-refractivity contribution in [1.29, 1.82) is 0 Å². The third-order valence-electron chi connectivity index (χ3n) is 3.82. The second kappa shape index (κ2) is 8.31. The highest BCUT2D eigenvalue weighted by Crippen LogP contribution is 2.66. The Morgan fingerprint density at radius 3 is 2.50 bits per heavy atom. The molecule has 3 rings (SSSR count). The fraction of sp³-hybridized carbons (Fsp3) is 0.500. The lowest BCUT2D eigenvalue weighted by atomic mass is 10.1. The zero-order valence-corrected chi connectivity index (χ0v) is 17.3. The van der Waals surface area contributed by atoms with E-state index in [0.717, 1.165) is 0 Å². The molecule has 168 valence electrons. The Hall–Kier alpha value is -1.32. The van der Waals surface area contributed by atoms with Crippen molar-refractivity contribution in [2.45, 2.75) is 18.2 Å². The molecular weight excluding hydrogens is 475 g/mol. The van der Waals surface area contributed by atoms with E-state index in [1.165, 1.54) is 17.2 Å². The number of hydrogen-bond acceptors (Lipinski definition) is 12. The van der Waals surface area contributed by atoms with Gasteiger partial charge in [0.2, 0.25) is 0 Å². The van der Waals surface area contributed by atoms with Gasteiger partial charge in [-0.2, -0.15) is 8.62 Å². The van der Waals surface area contributed by atoms with E-state index in [-0.39, 0.29) is 12.4 Å². The summed E-state index contributed by atoms with van der Waals surface area (Å²) in [7, 11) is -16.5. The maximum absolute atomic E-state index is 11.8. The first kappa shape index (κ1) is 23.3. The van der Waals surface area contributed by atoms with Crippen molar-refractivity contribution in [3.05, 3.63) is 12.7 Å². The fourth-order valence-electron chi connectivity index (χ4n) is 2.64. The van der Waals surface area contributed by atoms with Crippen molar-refractivity contribution in [3.63, 3.8) is 0 Å². The molecule has 1 saturated heterocycles. The Labute approximate surface area is 166 Å². The Morgan fingerprint density at radius 1 is 1.13 bits per heavy atom. The minimum absolute atomic E-state index is 0.0824. The molecule has 20 heteroatoms. The zero-order chi connectivity index (χ0) is 22.3. The average Bonchev–Trinajstić information content (AvgIpc) is 3.14. The Kier molecular flexibility index (Phi) is 6.47. The van der Waals surface area contributed by atoms with Crippen molar-refractivity contribution in [2.24, 2.45) is 0 Å². The molecule has 2 aromatic rings. The van der Waals surface area contributed by atoms with Crippen molar-refractivity contribution in [3.8, 4) is 0 Å². The third-order valence-corrected chi connectivity index (χ3v) is 7.62. The minimum atomic E-state index is -5.64. The highest BCUT2D eigenvalue weighted by atomic mass is 31.3. The lowest BCUT2D eigenvalue weighted by Gasteiger charge is -2.20. The number of rotatable bonds is 8. The lowest BCUT2D eigenvalue weighted by Crippen LogP contribution is -2.31. The van der Waals surface area contributed by atoms with Gasteiger partial charge < -0.3 is 39.7 Å². The summed E-state index contributed by atoms with van der Waals surface area (Å²) in [6, 6.07) is -0.737. The number of nitrogens with zero attached hydrogens (tertiary/aromatic N) is 4. The molecule has 0 aromatic carbocycles. The molecule has 2 unspecified atom stereocenters. The fourth-order valence-corrected chi connectivity index (χ4v) is 5.67. The monoisotopic (exact) mass is 491 g/mol. The summed E-state index contributed by atoms with van der Waals surface area (Å²) in [6.45, 7) is -0.869. The van der Waals surface area contributed by atoms with Gasteiger partial charge in [0.15, 0.2) is 11.5 Å². The predicted molar refractivity (Wildman–Crippen MR) is 94.3 cm³/mol. The van der Waals surface area contributed by atoms with Crippen LogP contribution >= 0.6 is 23.5 Å². The van der Waals surface area contributed by atoms with Gasteiger partial charge >= 0.3 is 23.5 Å². The van der Waals surface area contributed by atoms with E-state index >= 15 is 0 Å². The third kappa shape index (κ3) is 5.48. The SMILES string of the molecule is Nc1ncnc2c1ncn2[C@@H]1CO[C@H](COP(=O)(O)OP(=O)(O)OP(=O)(O)O)[C@H]1O. The number of hydrogen-bond donors (Lipinski definition) is 6. The Bertz CT molecular complexity index is 1070. The standard InChI is InChI=1S/C10H16N5O12P3/c11-9-7-10(13-3-12-9)15(4-14-7)5-1-24-6(8(5)16)2-25-29(20,21)27-30(22,23)26-28(17,18)19/h3-6,8,16H,1-2H2,(H,20,21)(H,22,23)(H2,11,12,13)(H2,17,18,19)/t5-,6-,8+/m1/s1. The van der Waals surface area contributed by atoms with Crippen LogP contribution in [0.5, 0.6) is 0 Å². The van der Waals surface area contributed by atoms with Crippen molar-refractivity contribution in [2.75, 3.05) is 18.9 Å². The molecular formula is C10H16N5O12P3. The normalized spacial score (nSPS) is 26.5. The number of phosphoric ester groups is 1. The van der Waals surface area contributed by atoms with Crippen LogP contribution in [0.3, 0.4) is 0 Å². The number of aliphatic hydroxyl groups is 1. The van der Waals surface area contributed by atoms with Gasteiger partial charge in [-0.25, -0.2) is 28.6 Å². The minimum Gasteiger partial charge on any atom is -0.388 e. The van der Waals surface area contributed by atoms with E-state index < -0.39 is 48.3 Å². The number of nitrogen functional groups attached to an aromatic ring is 1. The van der Waals surface area contributed by atoms with Crippen molar-refractivity contribution >= 4 is 40.4 Å². The summed E-state index contributed by atoms with van der Waals surface area (Å²) < 4.78 is 52.1. The molecule has 17 nitrogen and oxygen atoms in total. The van der Waals surface area contributed by atoms with Crippen LogP contribution < -0.4 is 5.73 Å². The van der Waals surface area contributed by atoms with E-state index in [9.17, 15) is 23.7 Å². The predicted octanol–water partition coefficient (Wildman–Crippen LogP) is -0.947. The summed E-state index contributed by atoms with van der Waals surface area (Å²) >= 11 is 0. The Balaban J connectivity index is 1.64. The molecule has 0 bridgehead atoms. The Morgan fingerprint density at radius 2 is 1.83 bits per heavy atom. The quantitative estimate of drug-likeness (QED) is 0.243. The number of imidazole rings is 1. The van der Waals surface area contributed by atoms with Gasteiger partial charge in [-0.05, 0) is 0 Å². The number of fused-ring (bicyclic) bond motifs is 1. The van der Waals surface area contributed by atoms with Crippen LogP contribution in [0.15, 0.2) is 12.7 Å². The molecule has 0 radical (unpaired) electrons. The second-order valence-electron chi connectivity index (χ2n) is 5.90. The number of anilines is 1. The molecule has 1 fully saturated rings. The zero-order valence-electron chi connectivity index (χ0n) is 14.6. The van der Waals surface area contributed by atoms with Gasteiger partial charge in [0.1, 0.15) is 24.1 Å². The van der Waals surface area contributed by atoms with Crippen LogP contribution in [0.1, 0.15) is 6.04 Å². The van der Waals surface area contributed by atoms with E-state index in [0.29, 0.717) is 11.2 Å². The van der Waals surface area contributed by atoms with Gasteiger partial charge in [0.25, 0.3) is 0 Å². The topological polar surface area (TPSA) is 259 Å². The number of ether oxygens (including phenoxy) is 1. The smallest absolute Gasteiger partial charge is 0.388 e. The van der Waals surface area contributed by atoms with Gasteiger partial charge in [-0.15, -0.1) is 0 Å². The average molecular weight is 491 g/mol. The molecule has 0 aliphatic carbocycles. The maximum Gasteiger partial charge on any atom is 0.490 e. The maximum atomic E-state index is 11.8. The van der Waals surface area contributed by atoms with E-state index in [4.69, 9.17) is 25.2 Å². The molecule has 0 saturated carbocycles. The van der Waals surface area contributed by atoms with Crippen LogP contribution in [-0.2, 0) is 31.6 Å². The van der Waals surface area contributed by atoms with Crippen LogP contribution in [-0.4, -0.2) is 69.6 Å². The molecule has 7 N–H and O–H groups in total. The molecule has 1 aliphatic heterocycles. The number of phosphoric acid groups is 3. The number of aliphatic hydroxyl groups excluding tert-OH is 1. The molecule has 0 spiro atoms. The largest absolute Gasteiger partial charge is 0.490 e. The van der Waals surface area contributed by atoms with E-state index in [1.807, 2.05) is 0 Å². The molecule has 5 atom stereocenters. The van der Waals surface area contributed by atoms with Crippen LogP contribution in [0, 0.1) is 0 Å². The summed E-state index contributed by atoms with van der Waals surface area (Å²) in [6.07, 6.45) is 0.0603. The van der Waals surface area contributed by atoms with Gasteiger partial charge in [-0.3, -0.25) is 4.52 Å². The molecule has 30 heavy (non-hydrogen) atoms. The van der Waals surface area contributed by atoms with Crippen LogP contribution in [0.4, 0.5) is 5.82 Å². The van der Waals surface area contributed by atoms with E-state index in [2.05, 4.69) is 28.1 Å². The first-order valence-electron chi connectivity index (χ1n) is 7.79. The van der Waals surface area contributed by atoms with Crippen molar-refractivity contribution < 1.29 is 56.3 Å². The second-order valence-corrected chi connectivity index (χ2v) is 10.3. The first-order chi connectivity index (χ1) is 13.8. The van der Waals surface area contributed by atoms with Crippen LogP contribution in [0.2, 0.25) is 0 Å². The summed E-state index contributed by atoms with van der Waals surface area (Å²) in [5, 5.41) is 10.5. The molecule has 3 heterocycles. The number of aromatic nitrogens is 4. The van der Waals surface area contributed by atoms with E-state index in [1.54, 1.807) is 0 Å². The summed E-state index contributed by atoms with van der Waals surface area (Å²) in [5.41, 5.74) is 6.30.